The van der Waals surface area contributed by atoms with Crippen molar-refractivity contribution in [2.24, 2.45) is 28.6 Å². The second kappa shape index (κ2) is 4.99. The van der Waals surface area contributed by atoms with E-state index in [1.807, 2.05) is 6.08 Å². The van der Waals surface area contributed by atoms with Gasteiger partial charge in [0.05, 0.1) is 18.3 Å². The van der Waals surface area contributed by atoms with Crippen LogP contribution in [0.25, 0.3) is 0 Å². The van der Waals surface area contributed by atoms with Crippen LogP contribution in [-0.2, 0) is 9.47 Å². The molecular formula is C22H32O3. The van der Waals surface area contributed by atoms with Crippen molar-refractivity contribution in [2.45, 2.75) is 83.9 Å². The fourth-order valence-corrected chi connectivity index (χ4v) is 7.28. The van der Waals surface area contributed by atoms with Gasteiger partial charge in [-0.2, -0.15) is 0 Å². The molecule has 0 aromatic carbocycles. The summed E-state index contributed by atoms with van der Waals surface area (Å²) in [6.45, 7) is 9.00. The molecule has 1 unspecified atom stereocenters. The summed E-state index contributed by atoms with van der Waals surface area (Å²) in [5.41, 5.74) is 1.87. The zero-order chi connectivity index (χ0) is 17.6. The first kappa shape index (κ1) is 16.5. The number of fused-ring (bicyclic) bond motifs is 7. The lowest BCUT2D eigenvalue weighted by molar-refractivity contribution is -0.183. The topological polar surface area (TPSA) is 38.7 Å². The Morgan fingerprint density at radius 2 is 1.88 bits per heavy atom. The monoisotopic (exact) mass is 344 g/mol. The molecular weight excluding hydrogens is 312 g/mol. The normalized spacial score (nSPS) is 55.8. The minimum atomic E-state index is -0.420. The molecule has 1 saturated heterocycles. The van der Waals surface area contributed by atoms with E-state index in [-0.39, 0.29) is 29.1 Å². The van der Waals surface area contributed by atoms with Gasteiger partial charge in [-0.1, -0.05) is 37.6 Å². The van der Waals surface area contributed by atoms with Crippen molar-refractivity contribution in [3.05, 3.63) is 23.8 Å². The third kappa shape index (κ3) is 2.15. The van der Waals surface area contributed by atoms with Gasteiger partial charge in [-0.3, -0.25) is 0 Å². The largest absolute Gasteiger partial charge is 0.385 e. The van der Waals surface area contributed by atoms with Crippen LogP contribution >= 0.6 is 0 Å². The number of aliphatic hydroxyl groups excluding tert-OH is 1. The van der Waals surface area contributed by atoms with Crippen molar-refractivity contribution in [3.63, 3.8) is 0 Å². The van der Waals surface area contributed by atoms with Gasteiger partial charge < -0.3 is 14.6 Å². The van der Waals surface area contributed by atoms with Crippen LogP contribution in [0.2, 0.25) is 0 Å². The second-order valence-electron chi connectivity index (χ2n) is 10.1. The average Bonchev–Trinajstić information content (AvgIpc) is 2.98. The van der Waals surface area contributed by atoms with Crippen LogP contribution in [0, 0.1) is 28.6 Å². The van der Waals surface area contributed by atoms with Gasteiger partial charge in [0.2, 0.25) is 0 Å². The number of hydrogen-bond donors (Lipinski definition) is 1. The maximum atomic E-state index is 10.0. The van der Waals surface area contributed by atoms with Crippen molar-refractivity contribution >= 4 is 0 Å². The molecule has 1 N–H and O–H groups in total. The summed E-state index contributed by atoms with van der Waals surface area (Å²) < 4.78 is 12.7. The Morgan fingerprint density at radius 3 is 2.68 bits per heavy atom. The highest BCUT2D eigenvalue weighted by molar-refractivity contribution is 5.33. The van der Waals surface area contributed by atoms with E-state index in [2.05, 4.69) is 39.8 Å². The van der Waals surface area contributed by atoms with Crippen LogP contribution < -0.4 is 0 Å². The molecule has 5 aliphatic rings. The molecule has 5 rings (SSSR count). The van der Waals surface area contributed by atoms with E-state index in [9.17, 15) is 5.11 Å². The quantitative estimate of drug-likeness (QED) is 0.669. The SMILES string of the molecule is CC1(C)O[C@@H]2[C@@H](C[C@H]3[C@@H]4CCC5=CC(O)C=C[C@]5(C)[C@H]4CC[C@]23C)O1. The molecule has 0 aromatic rings. The molecule has 1 aliphatic heterocycles. The van der Waals surface area contributed by atoms with Gasteiger partial charge in [-0.15, -0.1) is 0 Å². The van der Waals surface area contributed by atoms with E-state index >= 15 is 0 Å². The third-order valence-corrected chi connectivity index (χ3v) is 8.42. The number of aliphatic hydroxyl groups is 1. The van der Waals surface area contributed by atoms with Crippen LogP contribution in [0.4, 0.5) is 0 Å². The molecule has 8 atom stereocenters. The van der Waals surface area contributed by atoms with Crippen LogP contribution in [0.1, 0.15) is 59.8 Å². The molecule has 3 nitrogen and oxygen atoms in total. The number of ether oxygens (including phenoxy) is 2. The molecule has 0 radical (unpaired) electrons. The van der Waals surface area contributed by atoms with Gasteiger partial charge >= 0.3 is 0 Å². The standard InChI is InChI=1S/C22H32O3/c1-20(2)24-18-12-17-15-6-5-13-11-14(23)7-9-21(13,3)16(15)8-10-22(17,4)19(18)25-20/h7,9,11,14-19,23H,5-6,8,10,12H2,1-4H3/t14?,15-,16+,17+,18-,19-,21+,22+/m1/s1. The van der Waals surface area contributed by atoms with E-state index in [4.69, 9.17) is 9.47 Å². The van der Waals surface area contributed by atoms with Crippen molar-refractivity contribution < 1.29 is 14.6 Å². The smallest absolute Gasteiger partial charge is 0.163 e. The van der Waals surface area contributed by atoms with E-state index in [1.54, 1.807) is 0 Å². The highest BCUT2D eigenvalue weighted by Crippen LogP contribution is 2.66. The molecule has 3 heteroatoms. The van der Waals surface area contributed by atoms with Crippen LogP contribution in [-0.4, -0.2) is 29.2 Å². The molecule has 0 aromatic heterocycles. The zero-order valence-corrected chi connectivity index (χ0v) is 16.0. The Morgan fingerprint density at radius 1 is 1.08 bits per heavy atom. The first-order valence-electron chi connectivity index (χ1n) is 10.2. The highest BCUT2D eigenvalue weighted by Gasteiger charge is 2.65. The maximum Gasteiger partial charge on any atom is 0.163 e. The van der Waals surface area contributed by atoms with Crippen molar-refractivity contribution in [1.82, 2.24) is 0 Å². The summed E-state index contributed by atoms with van der Waals surface area (Å²) >= 11 is 0. The van der Waals surface area contributed by atoms with E-state index in [1.165, 1.54) is 24.8 Å². The van der Waals surface area contributed by atoms with E-state index in [0.29, 0.717) is 11.8 Å². The second-order valence-corrected chi connectivity index (χ2v) is 10.1. The van der Waals surface area contributed by atoms with Crippen LogP contribution in [0.15, 0.2) is 23.8 Å². The Labute approximate surface area is 151 Å². The zero-order valence-electron chi connectivity index (χ0n) is 16.0. The molecule has 3 saturated carbocycles. The lowest BCUT2D eigenvalue weighted by Gasteiger charge is -2.57. The van der Waals surface area contributed by atoms with Crippen molar-refractivity contribution in [2.75, 3.05) is 0 Å². The van der Waals surface area contributed by atoms with Gasteiger partial charge in [0.15, 0.2) is 5.79 Å². The first-order valence-corrected chi connectivity index (χ1v) is 10.2. The van der Waals surface area contributed by atoms with Gasteiger partial charge in [0.25, 0.3) is 0 Å². The summed E-state index contributed by atoms with van der Waals surface area (Å²) in [5.74, 6) is 1.73. The lowest BCUT2D eigenvalue weighted by Crippen LogP contribution is -2.51. The average molecular weight is 344 g/mol. The number of rotatable bonds is 0. The summed E-state index contributed by atoms with van der Waals surface area (Å²) in [7, 11) is 0. The van der Waals surface area contributed by atoms with E-state index < -0.39 is 5.79 Å². The van der Waals surface area contributed by atoms with Crippen LogP contribution in [0.3, 0.4) is 0 Å². The van der Waals surface area contributed by atoms with Gasteiger partial charge in [0.1, 0.15) is 0 Å². The van der Waals surface area contributed by atoms with Gasteiger partial charge in [-0.05, 0) is 69.1 Å². The minimum absolute atomic E-state index is 0.141. The molecule has 4 aliphatic carbocycles. The Balaban J connectivity index is 1.47. The van der Waals surface area contributed by atoms with Gasteiger partial charge in [0, 0.05) is 5.41 Å². The molecule has 0 amide bonds. The Bertz CT molecular complexity index is 650. The third-order valence-electron chi connectivity index (χ3n) is 8.42. The fourth-order valence-electron chi connectivity index (χ4n) is 7.28. The molecule has 4 fully saturated rings. The van der Waals surface area contributed by atoms with Crippen LogP contribution in [0.5, 0.6) is 0 Å². The van der Waals surface area contributed by atoms with E-state index in [0.717, 1.165) is 18.8 Å². The van der Waals surface area contributed by atoms with Crippen molar-refractivity contribution in [1.29, 1.82) is 0 Å². The summed E-state index contributed by atoms with van der Waals surface area (Å²) in [5, 5.41) is 10.0. The predicted molar refractivity (Wildman–Crippen MR) is 96.8 cm³/mol. The lowest BCUT2D eigenvalue weighted by atomic mass is 9.48. The molecule has 138 valence electrons. The van der Waals surface area contributed by atoms with Gasteiger partial charge in [-0.25, -0.2) is 0 Å². The fraction of sp³-hybridized carbons (Fsp3) is 0.818. The Kier molecular flexibility index (Phi) is 3.30. The number of allylic oxidation sites excluding steroid dienone is 2. The predicted octanol–water partition coefficient (Wildman–Crippen LogP) is 4.22. The molecule has 0 spiro atoms. The molecule has 0 bridgehead atoms. The molecule has 25 heavy (non-hydrogen) atoms. The van der Waals surface area contributed by atoms with Crippen molar-refractivity contribution in [3.8, 4) is 0 Å². The summed E-state index contributed by atoms with van der Waals surface area (Å²) in [6.07, 6.45) is 12.6. The minimum Gasteiger partial charge on any atom is -0.385 e. The Hall–Kier alpha value is -0.640. The summed E-state index contributed by atoms with van der Waals surface area (Å²) in [6, 6.07) is 0. The summed E-state index contributed by atoms with van der Waals surface area (Å²) in [4.78, 5) is 0. The maximum absolute atomic E-state index is 10.0. The molecule has 1 heterocycles. The highest BCUT2D eigenvalue weighted by atomic mass is 16.8. The first-order chi connectivity index (χ1) is 11.7. The number of hydrogen-bond acceptors (Lipinski definition) is 3.